The molecule has 0 saturated heterocycles. The Morgan fingerprint density at radius 2 is 1.50 bits per heavy atom. The molecule has 5 rings (SSSR count). The first-order valence-corrected chi connectivity index (χ1v) is 18.4. The number of hydrogen-bond donors (Lipinski definition) is 1. The first-order valence-electron chi connectivity index (χ1n) is 16.6. The number of anilines is 1. The van der Waals surface area contributed by atoms with Crippen LogP contribution in [-0.4, -0.2) is 43.8 Å². The fourth-order valence-corrected chi connectivity index (χ4v) is 7.76. The average molecular weight is 686 g/mol. The van der Waals surface area contributed by atoms with Crippen LogP contribution in [0.15, 0.2) is 102 Å². The van der Waals surface area contributed by atoms with Gasteiger partial charge in [-0.05, 0) is 86.2 Å². The Balaban J connectivity index is 1.58. The standard InChI is InChI=1S/C39H44ClN3O4S/c1-28-18-22-35(23-19-28)48(46,47)43(34-21-20-29(2)30(3)24-34)27-38(44)42(26-32-14-10-11-17-36(32)40)37(25-31-12-6-4-7-13-31)39(45)41-33-15-8-5-9-16-33/h4,6-7,10-14,17-24,33,37H,5,8-9,15-16,25-27H2,1-3H3,(H,41,45)/t37-/m1/s1. The van der Waals surface area contributed by atoms with Crippen molar-refractivity contribution in [3.8, 4) is 0 Å². The van der Waals surface area contributed by atoms with Crippen LogP contribution in [0.2, 0.25) is 5.02 Å². The van der Waals surface area contributed by atoms with Crippen molar-refractivity contribution < 1.29 is 18.0 Å². The van der Waals surface area contributed by atoms with Gasteiger partial charge in [0.2, 0.25) is 11.8 Å². The van der Waals surface area contributed by atoms with E-state index in [1.54, 1.807) is 42.5 Å². The van der Waals surface area contributed by atoms with E-state index in [2.05, 4.69) is 5.32 Å². The van der Waals surface area contributed by atoms with Crippen LogP contribution in [0.3, 0.4) is 0 Å². The molecule has 48 heavy (non-hydrogen) atoms. The first-order chi connectivity index (χ1) is 23.0. The Kier molecular flexibility index (Phi) is 11.6. The van der Waals surface area contributed by atoms with Crippen LogP contribution in [0.1, 0.15) is 59.9 Å². The third-order valence-electron chi connectivity index (χ3n) is 9.19. The summed E-state index contributed by atoms with van der Waals surface area (Å²) in [5.74, 6) is -0.770. The number of nitrogens with one attached hydrogen (secondary N) is 1. The molecule has 7 nitrogen and oxygen atoms in total. The molecular weight excluding hydrogens is 642 g/mol. The summed E-state index contributed by atoms with van der Waals surface area (Å²) in [7, 11) is -4.18. The number of benzene rings is 4. The SMILES string of the molecule is Cc1ccc(S(=O)(=O)N(CC(=O)N(Cc2ccccc2Cl)[C@H](Cc2ccccc2)C(=O)NC2CCCCC2)c2ccc(C)c(C)c2)cc1. The number of aryl methyl sites for hydroxylation is 3. The summed E-state index contributed by atoms with van der Waals surface area (Å²) in [6.07, 6.45) is 5.25. The number of halogens is 1. The van der Waals surface area contributed by atoms with Crippen molar-refractivity contribution in [3.63, 3.8) is 0 Å². The van der Waals surface area contributed by atoms with Crippen molar-refractivity contribution in [2.45, 2.75) is 82.8 Å². The molecule has 1 atom stereocenters. The maximum Gasteiger partial charge on any atom is 0.264 e. The number of nitrogens with zero attached hydrogens (tertiary/aromatic N) is 2. The second-order valence-electron chi connectivity index (χ2n) is 12.8. The van der Waals surface area contributed by atoms with Crippen molar-refractivity contribution in [2.75, 3.05) is 10.8 Å². The number of hydrogen-bond acceptors (Lipinski definition) is 4. The minimum Gasteiger partial charge on any atom is -0.352 e. The van der Waals surface area contributed by atoms with Crippen LogP contribution in [0.25, 0.3) is 0 Å². The molecule has 0 spiro atoms. The lowest BCUT2D eigenvalue weighted by Crippen LogP contribution is -2.55. The molecule has 0 heterocycles. The van der Waals surface area contributed by atoms with Crippen molar-refractivity contribution in [1.82, 2.24) is 10.2 Å². The van der Waals surface area contributed by atoms with E-state index in [0.717, 1.165) is 58.7 Å². The molecule has 252 valence electrons. The fourth-order valence-electron chi connectivity index (χ4n) is 6.16. The molecule has 4 aromatic rings. The van der Waals surface area contributed by atoms with Gasteiger partial charge >= 0.3 is 0 Å². The second-order valence-corrected chi connectivity index (χ2v) is 15.0. The van der Waals surface area contributed by atoms with E-state index >= 15 is 0 Å². The van der Waals surface area contributed by atoms with Crippen LogP contribution in [0.4, 0.5) is 5.69 Å². The molecule has 4 aromatic carbocycles. The Morgan fingerprint density at radius 3 is 2.17 bits per heavy atom. The van der Waals surface area contributed by atoms with E-state index in [4.69, 9.17) is 11.6 Å². The molecule has 1 N–H and O–H groups in total. The molecule has 0 bridgehead atoms. The smallest absolute Gasteiger partial charge is 0.264 e. The highest BCUT2D eigenvalue weighted by Crippen LogP contribution is 2.28. The van der Waals surface area contributed by atoms with E-state index < -0.39 is 28.5 Å². The normalized spacial score (nSPS) is 14.2. The highest BCUT2D eigenvalue weighted by atomic mass is 35.5. The van der Waals surface area contributed by atoms with Gasteiger partial charge in [-0.3, -0.25) is 13.9 Å². The zero-order valence-corrected chi connectivity index (χ0v) is 29.4. The minimum atomic E-state index is -4.18. The van der Waals surface area contributed by atoms with Gasteiger partial charge in [-0.1, -0.05) is 103 Å². The largest absolute Gasteiger partial charge is 0.352 e. The summed E-state index contributed by atoms with van der Waals surface area (Å²) in [5, 5.41) is 3.70. The van der Waals surface area contributed by atoms with E-state index in [9.17, 15) is 18.0 Å². The lowest BCUT2D eigenvalue weighted by molar-refractivity contribution is -0.140. The van der Waals surface area contributed by atoms with Crippen molar-refractivity contribution in [2.24, 2.45) is 0 Å². The summed E-state index contributed by atoms with van der Waals surface area (Å²) >= 11 is 6.63. The quantitative estimate of drug-likeness (QED) is 0.167. The topological polar surface area (TPSA) is 86.8 Å². The summed E-state index contributed by atoms with van der Waals surface area (Å²) in [5.41, 5.74) is 4.73. The van der Waals surface area contributed by atoms with Crippen LogP contribution < -0.4 is 9.62 Å². The Labute approximate surface area is 290 Å². The van der Waals surface area contributed by atoms with Gasteiger partial charge in [-0.2, -0.15) is 0 Å². The zero-order chi connectivity index (χ0) is 34.3. The summed E-state index contributed by atoms with van der Waals surface area (Å²) in [6.45, 7) is 5.27. The number of amides is 2. The van der Waals surface area contributed by atoms with Gasteiger partial charge < -0.3 is 10.2 Å². The van der Waals surface area contributed by atoms with Gasteiger partial charge in [-0.25, -0.2) is 8.42 Å². The third-order valence-corrected chi connectivity index (χ3v) is 11.3. The Bertz CT molecular complexity index is 1820. The monoisotopic (exact) mass is 685 g/mol. The summed E-state index contributed by atoms with van der Waals surface area (Å²) in [6, 6.07) is 27.8. The van der Waals surface area contributed by atoms with E-state index in [1.165, 1.54) is 4.90 Å². The number of sulfonamides is 1. The van der Waals surface area contributed by atoms with Gasteiger partial charge in [-0.15, -0.1) is 0 Å². The Hall–Kier alpha value is -4.14. The van der Waals surface area contributed by atoms with Crippen molar-refractivity contribution in [1.29, 1.82) is 0 Å². The van der Waals surface area contributed by atoms with Gasteiger partial charge in [0.05, 0.1) is 10.6 Å². The fraction of sp³-hybridized carbons (Fsp3) is 0.333. The van der Waals surface area contributed by atoms with Crippen LogP contribution in [0, 0.1) is 20.8 Å². The second kappa shape index (κ2) is 15.8. The third kappa shape index (κ3) is 8.65. The minimum absolute atomic E-state index is 0.0238. The van der Waals surface area contributed by atoms with Gasteiger partial charge in [0.1, 0.15) is 12.6 Å². The number of carbonyl (C=O) groups excluding carboxylic acids is 2. The van der Waals surface area contributed by atoms with Crippen LogP contribution in [-0.2, 0) is 32.6 Å². The molecule has 1 saturated carbocycles. The molecule has 0 unspecified atom stereocenters. The predicted molar refractivity (Wildman–Crippen MR) is 193 cm³/mol. The lowest BCUT2D eigenvalue weighted by Gasteiger charge is -2.35. The molecule has 9 heteroatoms. The molecular formula is C39H44ClN3O4S. The number of carbonyl (C=O) groups is 2. The number of rotatable bonds is 12. The van der Waals surface area contributed by atoms with Gasteiger partial charge in [0.25, 0.3) is 10.0 Å². The summed E-state index contributed by atoms with van der Waals surface area (Å²) < 4.78 is 29.8. The Morgan fingerprint density at radius 1 is 0.833 bits per heavy atom. The highest BCUT2D eigenvalue weighted by molar-refractivity contribution is 7.92. The van der Waals surface area contributed by atoms with Crippen LogP contribution in [0.5, 0.6) is 0 Å². The molecule has 0 aromatic heterocycles. The van der Waals surface area contributed by atoms with Crippen molar-refractivity contribution >= 4 is 39.1 Å². The lowest BCUT2D eigenvalue weighted by atomic mass is 9.94. The highest BCUT2D eigenvalue weighted by Gasteiger charge is 2.35. The van der Waals surface area contributed by atoms with Gasteiger partial charge in [0.15, 0.2) is 0 Å². The van der Waals surface area contributed by atoms with Crippen LogP contribution >= 0.6 is 11.6 Å². The van der Waals surface area contributed by atoms with Gasteiger partial charge in [0, 0.05) is 24.0 Å². The average Bonchev–Trinajstić information content (AvgIpc) is 3.08. The molecule has 0 radical (unpaired) electrons. The predicted octanol–water partition coefficient (Wildman–Crippen LogP) is 7.55. The van der Waals surface area contributed by atoms with Crippen molar-refractivity contribution in [3.05, 3.63) is 130 Å². The summed E-state index contributed by atoms with van der Waals surface area (Å²) in [4.78, 5) is 30.6. The maximum atomic E-state index is 14.8. The van der Waals surface area contributed by atoms with E-state index in [0.29, 0.717) is 16.3 Å². The zero-order valence-electron chi connectivity index (χ0n) is 27.9. The molecule has 2 amide bonds. The molecule has 0 aliphatic heterocycles. The first kappa shape index (κ1) is 35.2. The van der Waals surface area contributed by atoms with E-state index in [1.807, 2.05) is 75.4 Å². The molecule has 1 fully saturated rings. The molecule has 1 aliphatic rings. The maximum absolute atomic E-state index is 14.8. The van der Waals surface area contributed by atoms with E-state index in [-0.39, 0.29) is 29.8 Å². The molecule has 1 aliphatic carbocycles.